The molecule has 0 saturated carbocycles. The number of nitrogen functional groups attached to an aromatic ring is 3. The first-order valence-electron chi connectivity index (χ1n) is 34.8. The molecule has 15 rings (SSSR count). The normalized spacial score (nSPS) is 10.5. The Morgan fingerprint density at radius 2 is 0.514 bits per heavy atom. The minimum Gasteiger partial charge on any atom is -0.493 e. The molecule has 15 aromatic rings. The molecule has 0 aliphatic carbocycles. The van der Waals surface area contributed by atoms with Gasteiger partial charge in [0.25, 0.3) is 0 Å². The van der Waals surface area contributed by atoms with Gasteiger partial charge in [-0.1, -0.05) is 376 Å². The Morgan fingerprint density at radius 3 is 0.714 bits per heavy atom. The second-order valence-corrected chi connectivity index (χ2v) is 32.5. The van der Waals surface area contributed by atoms with Crippen molar-refractivity contribution < 1.29 is 29.9 Å². The maximum atomic E-state index is 5.99. The van der Waals surface area contributed by atoms with Crippen molar-refractivity contribution in [1.82, 2.24) is 9.97 Å². The Morgan fingerprint density at radius 1 is 0.286 bits per heavy atom. The predicted molar refractivity (Wildman–Crippen MR) is 453 cm³/mol. The second kappa shape index (κ2) is 41.7. The van der Waals surface area contributed by atoms with Crippen LogP contribution in [0.2, 0.25) is 0 Å². The van der Waals surface area contributed by atoms with Gasteiger partial charge in [-0.25, -0.2) is 4.98 Å². The van der Waals surface area contributed by atoms with Crippen LogP contribution in [0.1, 0.15) is 25.0 Å². The number of nitrogens with zero attached hydrogens (tertiary/aromatic N) is 2. The van der Waals surface area contributed by atoms with Crippen LogP contribution < -0.4 is 90.3 Å². The van der Waals surface area contributed by atoms with E-state index in [4.69, 9.17) is 26.7 Å². The third-order valence-corrected chi connectivity index (χ3v) is 26.2. The minimum absolute atomic E-state index is 0. The van der Waals surface area contributed by atoms with Crippen molar-refractivity contribution in [1.29, 1.82) is 0 Å². The van der Waals surface area contributed by atoms with Crippen molar-refractivity contribution in [2.24, 2.45) is 0 Å². The number of rotatable bonds is 19. The quantitative estimate of drug-likeness (QED) is 0.0419. The summed E-state index contributed by atoms with van der Waals surface area (Å²) in [6, 6.07) is 141. The van der Waals surface area contributed by atoms with Crippen LogP contribution in [0.4, 0.5) is 17.5 Å². The number of hydrogen-bond acceptors (Lipinski definition) is 7. The summed E-state index contributed by atoms with van der Waals surface area (Å²) in [6.07, 6.45) is 2.17. The monoisotopic (exact) mass is 1530 g/mol. The van der Waals surface area contributed by atoms with Crippen LogP contribution in [-0.2, 0) is 26.8 Å². The zero-order valence-corrected chi connectivity index (χ0v) is 64.0. The van der Waals surface area contributed by atoms with Gasteiger partial charge in [0.1, 0.15) is 17.3 Å². The van der Waals surface area contributed by atoms with Gasteiger partial charge in [-0.2, -0.15) is 4.98 Å². The molecule has 524 valence electrons. The molecule has 0 bridgehead atoms. The first kappa shape index (κ1) is 77.2. The first-order chi connectivity index (χ1) is 51.3. The average molecular weight is 1540 g/mol. The van der Waals surface area contributed by atoms with Crippen molar-refractivity contribution in [3.05, 3.63) is 418 Å². The summed E-state index contributed by atoms with van der Waals surface area (Å²) in [5.74, 6) is 1.97. The summed E-state index contributed by atoms with van der Waals surface area (Å²) in [5, 5.41) is 16.8. The van der Waals surface area contributed by atoms with E-state index in [1.54, 1.807) is 6.20 Å². The third-order valence-electron chi connectivity index (χ3n) is 16.4. The minimum atomic E-state index is -0.446. The van der Waals surface area contributed by atoms with Crippen molar-refractivity contribution in [2.45, 2.75) is 20.3 Å². The molecular weight excluding hydrogens is 1450 g/mol. The topological polar surface area (TPSA) is 122 Å². The third kappa shape index (κ3) is 22.5. The van der Waals surface area contributed by atoms with Crippen LogP contribution in [0.25, 0.3) is 11.1 Å². The second-order valence-electron chi connectivity index (χ2n) is 23.6. The zero-order chi connectivity index (χ0) is 71.8. The van der Waals surface area contributed by atoms with Crippen LogP contribution in [-0.4, -0.2) is 23.2 Å². The number of hydrogen-bond donors (Lipinski definition) is 3. The summed E-state index contributed by atoms with van der Waals surface area (Å²) in [7, 11) is -1.78. The molecule has 1 heterocycles. The SMILES string of the molecule is CCOc1cc(Cc2cnc(N)nc2N)cc(OCC)c1-c1cccc(N)c1.[Pd].c1ccc(P(c2ccccc2)c2ccccc2)cc1.c1ccc(P(c2ccccc2)c2ccccc2)cc1.c1ccc(P(c2ccccc2)c2ccccc2)cc1.c1ccc(P(c2ccccc2)c2ccccc2)cc1. The molecule has 105 heavy (non-hydrogen) atoms. The van der Waals surface area contributed by atoms with E-state index in [0.29, 0.717) is 31.1 Å². The van der Waals surface area contributed by atoms with E-state index in [1.807, 2.05) is 50.2 Å². The molecule has 14 aromatic carbocycles. The molecule has 7 nitrogen and oxygen atoms in total. The van der Waals surface area contributed by atoms with E-state index in [2.05, 4.69) is 374 Å². The molecule has 0 radical (unpaired) electrons. The first-order valence-corrected chi connectivity index (χ1v) is 40.1. The van der Waals surface area contributed by atoms with Crippen molar-refractivity contribution >= 4 is 113 Å². The Labute approximate surface area is 639 Å². The maximum absolute atomic E-state index is 5.99. The number of aromatic nitrogens is 2. The average Bonchev–Trinajstić information content (AvgIpc) is 0.792. The zero-order valence-electron chi connectivity index (χ0n) is 58.9. The van der Waals surface area contributed by atoms with Crippen molar-refractivity contribution in [3.8, 4) is 22.6 Å². The van der Waals surface area contributed by atoms with E-state index in [-0.39, 0.29) is 26.4 Å². The summed E-state index contributed by atoms with van der Waals surface area (Å²) in [5.41, 5.74) is 21.8. The van der Waals surface area contributed by atoms with Crippen LogP contribution in [0.3, 0.4) is 0 Å². The Hall–Kier alpha value is -10.5. The van der Waals surface area contributed by atoms with Crippen LogP contribution >= 0.6 is 31.7 Å². The van der Waals surface area contributed by atoms with Gasteiger partial charge in [0.15, 0.2) is 0 Å². The van der Waals surface area contributed by atoms with Gasteiger partial charge in [-0.15, -0.1) is 0 Å². The van der Waals surface area contributed by atoms with Crippen LogP contribution in [0, 0.1) is 0 Å². The van der Waals surface area contributed by atoms with Crippen molar-refractivity contribution in [2.75, 3.05) is 30.4 Å². The van der Waals surface area contributed by atoms with Gasteiger partial charge in [0.05, 0.1) is 18.8 Å². The molecular formula is C93H85N5O2P4Pd. The molecule has 0 atom stereocenters. The summed E-state index contributed by atoms with van der Waals surface area (Å²) in [4.78, 5) is 8.07. The van der Waals surface area contributed by atoms with E-state index in [9.17, 15) is 0 Å². The largest absolute Gasteiger partial charge is 0.493 e. The summed E-state index contributed by atoms with van der Waals surface area (Å²) < 4.78 is 11.9. The number of nitrogens with two attached hydrogens (primary N) is 3. The van der Waals surface area contributed by atoms with Gasteiger partial charge in [0, 0.05) is 44.3 Å². The van der Waals surface area contributed by atoms with Gasteiger partial charge >= 0.3 is 0 Å². The molecule has 6 N–H and O–H groups in total. The van der Waals surface area contributed by atoms with E-state index < -0.39 is 31.7 Å². The van der Waals surface area contributed by atoms with E-state index >= 15 is 0 Å². The molecule has 1 aromatic heterocycles. The van der Waals surface area contributed by atoms with Crippen LogP contribution in [0.5, 0.6) is 11.5 Å². The number of benzene rings is 14. The molecule has 0 amide bonds. The molecule has 0 aliphatic heterocycles. The van der Waals surface area contributed by atoms with Crippen LogP contribution in [0.15, 0.2) is 407 Å². The van der Waals surface area contributed by atoms with Gasteiger partial charge < -0.3 is 26.7 Å². The smallest absolute Gasteiger partial charge is 0.221 e. The fourth-order valence-electron chi connectivity index (χ4n) is 11.8. The Bertz CT molecular complexity index is 4050. The number of anilines is 3. The van der Waals surface area contributed by atoms with Gasteiger partial charge in [0.2, 0.25) is 5.95 Å². The molecule has 0 fully saturated rings. The fraction of sp³-hybridized carbons (Fsp3) is 0.0538. The maximum Gasteiger partial charge on any atom is 0.221 e. The molecule has 0 saturated heterocycles. The fourth-order valence-corrected chi connectivity index (χ4v) is 21.0. The number of ether oxygens (including phenoxy) is 2. The standard InChI is InChI=1S/C21H25N5O2.4C18H15P.Pd/c1-3-27-17-9-13(8-15-12-25-21(24)26-20(15)23)10-18(28-4-2)19(17)14-6-5-7-16(22)11-14;4*1-4-10-16(11-5-1)19(17-12-6-2-7-13-17)18-14-8-3-9-15-18;/h5-7,9-12H,3-4,8,22H2,1-2H3,(H4,23,24,25,26);4*1-15H;. The van der Waals surface area contributed by atoms with Gasteiger partial charge in [-0.3, -0.25) is 0 Å². The Kier molecular flexibility index (Phi) is 30.7. The van der Waals surface area contributed by atoms with Gasteiger partial charge in [-0.05, 0) is 145 Å². The van der Waals surface area contributed by atoms with Crippen molar-refractivity contribution in [3.63, 3.8) is 0 Å². The molecule has 0 spiro atoms. The summed E-state index contributed by atoms with van der Waals surface area (Å²) in [6.45, 7) is 4.94. The molecule has 0 unspecified atom stereocenters. The van der Waals surface area contributed by atoms with E-state index in [1.165, 1.54) is 63.7 Å². The predicted octanol–water partition coefficient (Wildman–Crippen LogP) is 17.1. The van der Waals surface area contributed by atoms with E-state index in [0.717, 1.165) is 33.8 Å². The molecule has 0 aliphatic rings. The Balaban J connectivity index is 0.000000142. The molecule has 12 heteroatoms. The summed E-state index contributed by atoms with van der Waals surface area (Å²) >= 11 is 0.